The lowest BCUT2D eigenvalue weighted by molar-refractivity contribution is -0.142. The first-order valence-corrected chi connectivity index (χ1v) is 9.18. The molecule has 1 aromatic carbocycles. The summed E-state index contributed by atoms with van der Waals surface area (Å²) in [6.07, 6.45) is 3.53. The van der Waals surface area contributed by atoms with Gasteiger partial charge in [-0.05, 0) is 54.7 Å². The molecule has 0 aromatic heterocycles. The van der Waals surface area contributed by atoms with E-state index in [4.69, 9.17) is 4.74 Å². The molecule has 3 atom stereocenters. The molecule has 25 heavy (non-hydrogen) atoms. The number of hydrogen-bond acceptors (Lipinski definition) is 3. The van der Waals surface area contributed by atoms with Crippen molar-refractivity contribution in [1.29, 1.82) is 0 Å². The number of carboxylic acids is 1. The first kappa shape index (κ1) is 17.8. The van der Waals surface area contributed by atoms with Crippen LogP contribution < -0.4 is 4.74 Å². The molecule has 1 amide bonds. The van der Waals surface area contributed by atoms with Crippen LogP contribution in [0, 0.1) is 17.8 Å². The molecule has 1 N–H and O–H groups in total. The van der Waals surface area contributed by atoms with Crippen molar-refractivity contribution >= 4 is 11.9 Å². The van der Waals surface area contributed by atoms with E-state index in [1.807, 2.05) is 24.3 Å². The van der Waals surface area contributed by atoms with Gasteiger partial charge < -0.3 is 14.7 Å². The predicted molar refractivity (Wildman–Crippen MR) is 94.6 cm³/mol. The summed E-state index contributed by atoms with van der Waals surface area (Å²) >= 11 is 0. The number of carbonyl (C=O) groups excluding carboxylic acids is 1. The number of amides is 1. The summed E-state index contributed by atoms with van der Waals surface area (Å²) in [5.41, 5.74) is 1.13. The molecule has 1 saturated heterocycles. The highest BCUT2D eigenvalue weighted by Crippen LogP contribution is 2.44. The molecule has 1 aliphatic carbocycles. The SMILES string of the molecule is CCC(CC(=O)N1C[C@H](C(=O)O)[C@@H](C2CC2)C1)c1ccc(OC)cc1. The van der Waals surface area contributed by atoms with Crippen LogP contribution in [-0.2, 0) is 9.59 Å². The van der Waals surface area contributed by atoms with Crippen molar-refractivity contribution < 1.29 is 19.4 Å². The van der Waals surface area contributed by atoms with Crippen LogP contribution in [0.15, 0.2) is 24.3 Å². The zero-order valence-corrected chi connectivity index (χ0v) is 15.0. The zero-order chi connectivity index (χ0) is 18.0. The van der Waals surface area contributed by atoms with Crippen LogP contribution in [-0.4, -0.2) is 42.1 Å². The summed E-state index contributed by atoms with van der Waals surface area (Å²) in [5.74, 6) is 0.539. The van der Waals surface area contributed by atoms with Crippen molar-refractivity contribution in [3.8, 4) is 5.75 Å². The quantitative estimate of drug-likeness (QED) is 0.824. The van der Waals surface area contributed by atoms with Crippen molar-refractivity contribution in [2.24, 2.45) is 17.8 Å². The van der Waals surface area contributed by atoms with E-state index < -0.39 is 11.9 Å². The number of methoxy groups -OCH3 is 1. The van der Waals surface area contributed by atoms with Crippen LogP contribution in [0.3, 0.4) is 0 Å². The fourth-order valence-corrected chi connectivity index (χ4v) is 4.01. The van der Waals surface area contributed by atoms with E-state index in [2.05, 4.69) is 6.92 Å². The maximum absolute atomic E-state index is 12.8. The molecular formula is C20H27NO4. The van der Waals surface area contributed by atoms with Gasteiger partial charge >= 0.3 is 5.97 Å². The van der Waals surface area contributed by atoms with Gasteiger partial charge in [-0.2, -0.15) is 0 Å². The Labute approximate surface area is 149 Å². The fourth-order valence-electron chi connectivity index (χ4n) is 4.01. The number of nitrogens with zero attached hydrogens (tertiary/aromatic N) is 1. The summed E-state index contributed by atoms with van der Waals surface area (Å²) in [6.45, 7) is 3.06. The second kappa shape index (κ2) is 7.46. The van der Waals surface area contributed by atoms with E-state index in [-0.39, 0.29) is 17.7 Å². The van der Waals surface area contributed by atoms with Gasteiger partial charge in [0.25, 0.3) is 0 Å². The standard InChI is InChI=1S/C20H27NO4/c1-3-13(14-6-8-16(25-2)9-7-14)10-19(22)21-11-17(15-4-5-15)18(12-21)20(23)24/h6-9,13,15,17-18H,3-5,10-12H2,1-2H3,(H,23,24)/t13?,17-,18+/m1/s1. The van der Waals surface area contributed by atoms with Gasteiger partial charge in [-0.15, -0.1) is 0 Å². The van der Waals surface area contributed by atoms with Crippen LogP contribution in [0.25, 0.3) is 0 Å². The summed E-state index contributed by atoms with van der Waals surface area (Å²) < 4.78 is 5.19. The Morgan fingerprint density at radius 1 is 1.24 bits per heavy atom. The molecule has 3 rings (SSSR count). The molecule has 0 spiro atoms. The minimum absolute atomic E-state index is 0.0806. The van der Waals surface area contributed by atoms with E-state index in [9.17, 15) is 14.7 Å². The van der Waals surface area contributed by atoms with Crippen LogP contribution in [0.1, 0.15) is 44.1 Å². The third-order valence-electron chi connectivity index (χ3n) is 5.76. The molecule has 5 heteroatoms. The Morgan fingerprint density at radius 3 is 2.44 bits per heavy atom. The summed E-state index contributed by atoms with van der Waals surface area (Å²) in [6, 6.07) is 7.86. The fraction of sp³-hybridized carbons (Fsp3) is 0.600. The van der Waals surface area contributed by atoms with E-state index in [1.165, 1.54) is 0 Å². The number of likely N-dealkylation sites (tertiary alicyclic amines) is 1. The third kappa shape index (κ3) is 3.97. The van der Waals surface area contributed by atoms with Gasteiger partial charge in [-0.3, -0.25) is 9.59 Å². The number of aliphatic carboxylic acids is 1. The van der Waals surface area contributed by atoms with Crippen LogP contribution >= 0.6 is 0 Å². The van der Waals surface area contributed by atoms with Crippen molar-refractivity contribution in [1.82, 2.24) is 4.90 Å². The predicted octanol–water partition coefficient (Wildman–Crippen LogP) is 3.15. The Bertz CT molecular complexity index is 623. The first-order chi connectivity index (χ1) is 12.0. The average Bonchev–Trinajstić information content (AvgIpc) is 3.37. The van der Waals surface area contributed by atoms with Crippen molar-refractivity contribution in [3.63, 3.8) is 0 Å². The Kier molecular flexibility index (Phi) is 5.30. The Balaban J connectivity index is 1.64. The van der Waals surface area contributed by atoms with Gasteiger partial charge in [0.05, 0.1) is 13.0 Å². The second-order valence-corrected chi connectivity index (χ2v) is 7.33. The largest absolute Gasteiger partial charge is 0.497 e. The molecule has 1 aromatic rings. The Morgan fingerprint density at radius 2 is 1.92 bits per heavy atom. The lowest BCUT2D eigenvalue weighted by Crippen LogP contribution is -2.31. The first-order valence-electron chi connectivity index (χ1n) is 9.18. The highest BCUT2D eigenvalue weighted by molar-refractivity contribution is 5.79. The van der Waals surface area contributed by atoms with E-state index in [1.54, 1.807) is 12.0 Å². The number of benzene rings is 1. The molecule has 0 radical (unpaired) electrons. The number of carbonyl (C=O) groups is 2. The van der Waals surface area contributed by atoms with Gasteiger partial charge in [-0.1, -0.05) is 19.1 Å². The van der Waals surface area contributed by atoms with Gasteiger partial charge in [0, 0.05) is 19.5 Å². The molecule has 136 valence electrons. The molecule has 2 fully saturated rings. The zero-order valence-electron chi connectivity index (χ0n) is 15.0. The molecule has 5 nitrogen and oxygen atoms in total. The highest BCUT2D eigenvalue weighted by Gasteiger charge is 2.46. The number of rotatable bonds is 7. The summed E-state index contributed by atoms with van der Waals surface area (Å²) in [4.78, 5) is 26.1. The van der Waals surface area contributed by atoms with Crippen LogP contribution in [0.2, 0.25) is 0 Å². The smallest absolute Gasteiger partial charge is 0.308 e. The number of ether oxygens (including phenoxy) is 1. The average molecular weight is 345 g/mol. The summed E-state index contributed by atoms with van der Waals surface area (Å²) in [5, 5.41) is 9.47. The third-order valence-corrected chi connectivity index (χ3v) is 5.76. The normalized spacial score (nSPS) is 24.2. The lowest BCUT2D eigenvalue weighted by atomic mass is 9.92. The number of carboxylic acid groups (broad SMARTS) is 1. The highest BCUT2D eigenvalue weighted by atomic mass is 16.5. The molecule has 2 aliphatic rings. The van der Waals surface area contributed by atoms with Crippen LogP contribution in [0.4, 0.5) is 0 Å². The molecular weight excluding hydrogens is 318 g/mol. The molecule has 1 aliphatic heterocycles. The van der Waals surface area contributed by atoms with E-state index in [0.29, 0.717) is 25.4 Å². The van der Waals surface area contributed by atoms with Crippen molar-refractivity contribution in [3.05, 3.63) is 29.8 Å². The lowest BCUT2D eigenvalue weighted by Gasteiger charge is -2.21. The topological polar surface area (TPSA) is 66.8 Å². The van der Waals surface area contributed by atoms with Crippen LogP contribution in [0.5, 0.6) is 5.75 Å². The molecule has 1 heterocycles. The van der Waals surface area contributed by atoms with E-state index in [0.717, 1.165) is 30.6 Å². The van der Waals surface area contributed by atoms with Gasteiger partial charge in [0.2, 0.25) is 5.91 Å². The minimum atomic E-state index is -0.755. The molecule has 1 saturated carbocycles. The Hall–Kier alpha value is -2.04. The van der Waals surface area contributed by atoms with Crippen molar-refractivity contribution in [2.45, 2.75) is 38.5 Å². The van der Waals surface area contributed by atoms with E-state index >= 15 is 0 Å². The maximum atomic E-state index is 12.8. The summed E-state index contributed by atoms with van der Waals surface area (Å²) in [7, 11) is 1.64. The number of hydrogen-bond donors (Lipinski definition) is 1. The monoisotopic (exact) mass is 345 g/mol. The maximum Gasteiger partial charge on any atom is 0.308 e. The second-order valence-electron chi connectivity index (χ2n) is 7.33. The molecule has 1 unspecified atom stereocenters. The van der Waals surface area contributed by atoms with Gasteiger partial charge in [0.1, 0.15) is 5.75 Å². The minimum Gasteiger partial charge on any atom is -0.497 e. The van der Waals surface area contributed by atoms with Gasteiger partial charge in [-0.25, -0.2) is 0 Å². The van der Waals surface area contributed by atoms with Crippen molar-refractivity contribution in [2.75, 3.05) is 20.2 Å². The molecule has 0 bridgehead atoms. The van der Waals surface area contributed by atoms with Gasteiger partial charge in [0.15, 0.2) is 0 Å².